The van der Waals surface area contributed by atoms with Gasteiger partial charge in [-0.3, -0.25) is 4.79 Å². The Balaban J connectivity index is 1.43. The second-order valence-corrected chi connectivity index (χ2v) is 9.09. The normalized spacial score (nSPS) is 24.4. The maximum atomic E-state index is 15.4. The second kappa shape index (κ2) is 8.59. The lowest BCUT2D eigenvalue weighted by Crippen LogP contribution is -2.60. The van der Waals surface area contributed by atoms with E-state index in [4.69, 9.17) is 4.74 Å². The Labute approximate surface area is 196 Å². The lowest BCUT2D eigenvalue weighted by molar-refractivity contribution is 0.0962. The number of hydrogen-bond acceptors (Lipinski definition) is 9. The van der Waals surface area contributed by atoms with Crippen LogP contribution in [0, 0.1) is 0 Å². The molecule has 0 amide bonds. The number of rotatable bonds is 5. The summed E-state index contributed by atoms with van der Waals surface area (Å²) in [4.78, 5) is 20.6. The molecule has 4 heterocycles. The average molecular weight is 467 g/mol. The van der Waals surface area contributed by atoms with Gasteiger partial charge in [0.2, 0.25) is 0 Å². The number of methoxy groups -OCH3 is 1. The van der Waals surface area contributed by atoms with Crippen LogP contribution in [-0.2, 0) is 7.05 Å². The summed E-state index contributed by atoms with van der Waals surface area (Å²) in [5.74, 6) is 1.25. The van der Waals surface area contributed by atoms with E-state index in [-0.39, 0.29) is 23.7 Å². The van der Waals surface area contributed by atoms with Crippen molar-refractivity contribution >= 4 is 23.6 Å². The first-order valence-electron chi connectivity index (χ1n) is 11.4. The molecule has 2 unspecified atom stereocenters. The Bertz CT molecular complexity index is 1270. The summed E-state index contributed by atoms with van der Waals surface area (Å²) in [6.45, 7) is 1.70. The summed E-state index contributed by atoms with van der Waals surface area (Å²) in [5.41, 5.74) is 0.355. The molecule has 2 aliphatic rings. The molecule has 0 spiro atoms. The van der Waals surface area contributed by atoms with E-state index in [0.717, 1.165) is 12.8 Å². The Morgan fingerprint density at radius 2 is 2.06 bits per heavy atom. The fourth-order valence-electron chi connectivity index (χ4n) is 5.45. The van der Waals surface area contributed by atoms with Crippen molar-refractivity contribution in [1.29, 1.82) is 0 Å². The Hall–Kier alpha value is -3.12. The predicted octanol–water partition coefficient (Wildman–Crippen LogP) is 1.28. The van der Waals surface area contributed by atoms with Crippen molar-refractivity contribution in [2.75, 3.05) is 19.1 Å². The van der Waals surface area contributed by atoms with Crippen LogP contribution in [0.25, 0.3) is 22.2 Å². The van der Waals surface area contributed by atoms with E-state index in [2.05, 4.69) is 20.3 Å². The van der Waals surface area contributed by atoms with Gasteiger partial charge < -0.3 is 19.5 Å². The third-order valence-corrected chi connectivity index (χ3v) is 7.20. The van der Waals surface area contributed by atoms with Gasteiger partial charge in [-0.2, -0.15) is 5.10 Å². The van der Waals surface area contributed by atoms with Gasteiger partial charge >= 0.3 is 7.05 Å². The molecule has 2 saturated heterocycles. The van der Waals surface area contributed by atoms with Crippen molar-refractivity contribution in [3.63, 3.8) is 0 Å². The summed E-state index contributed by atoms with van der Waals surface area (Å²) < 4.78 is 22.2. The molecule has 3 aromatic rings. The molecule has 4 atom stereocenters. The number of hydrogen-bond donors (Lipinski definition) is 1. The van der Waals surface area contributed by atoms with E-state index in [1.807, 2.05) is 4.81 Å². The van der Waals surface area contributed by atoms with E-state index in [1.54, 1.807) is 50.3 Å². The zero-order valence-electron chi connectivity index (χ0n) is 19.6. The molecule has 0 radical (unpaired) electrons. The maximum absolute atomic E-state index is 15.4. The van der Waals surface area contributed by atoms with Gasteiger partial charge in [0.25, 0.3) is 5.56 Å². The highest BCUT2D eigenvalue weighted by atomic mass is 19.1. The SMILES string of the molecule is COc1cc2c(=O)n(C)ncc2cc1-c1ncc(N(C)[C@@H]2CC3CCC([C@@H]2F)N3B(C)O)nn1. The lowest BCUT2D eigenvalue weighted by atomic mass is 9.78. The summed E-state index contributed by atoms with van der Waals surface area (Å²) in [6, 6.07) is 2.89. The molecule has 0 saturated carbocycles. The van der Waals surface area contributed by atoms with Gasteiger partial charge in [-0.15, -0.1) is 10.2 Å². The average Bonchev–Trinajstić information content (AvgIpc) is 3.20. The van der Waals surface area contributed by atoms with Gasteiger partial charge in [-0.1, -0.05) is 0 Å². The van der Waals surface area contributed by atoms with Crippen LogP contribution in [0.3, 0.4) is 0 Å². The highest BCUT2D eigenvalue weighted by molar-refractivity contribution is 6.45. The summed E-state index contributed by atoms with van der Waals surface area (Å²) in [6.07, 6.45) is 4.28. The topological polar surface area (TPSA) is 110 Å². The van der Waals surface area contributed by atoms with Crippen LogP contribution in [0.4, 0.5) is 10.2 Å². The number of anilines is 1. The van der Waals surface area contributed by atoms with Gasteiger partial charge in [-0.25, -0.2) is 14.1 Å². The molecule has 2 fully saturated rings. The monoisotopic (exact) mass is 467 g/mol. The van der Waals surface area contributed by atoms with Gasteiger partial charge in [0.15, 0.2) is 11.6 Å². The maximum Gasteiger partial charge on any atom is 0.376 e. The lowest BCUT2D eigenvalue weighted by Gasteiger charge is -2.45. The Kier molecular flexibility index (Phi) is 5.72. The number of halogens is 1. The van der Waals surface area contributed by atoms with Gasteiger partial charge in [0.1, 0.15) is 11.9 Å². The molecule has 12 heteroatoms. The zero-order valence-corrected chi connectivity index (χ0v) is 19.6. The number of ether oxygens (including phenoxy) is 1. The van der Waals surface area contributed by atoms with Crippen molar-refractivity contribution in [1.82, 2.24) is 29.8 Å². The Morgan fingerprint density at radius 1 is 1.26 bits per heavy atom. The summed E-state index contributed by atoms with van der Waals surface area (Å²) in [7, 11) is 4.25. The van der Waals surface area contributed by atoms with Crippen molar-refractivity contribution in [3.8, 4) is 17.1 Å². The van der Waals surface area contributed by atoms with Crippen LogP contribution in [0.2, 0.25) is 6.82 Å². The molecule has 2 bridgehead atoms. The molecule has 1 aromatic carbocycles. The minimum absolute atomic E-state index is 0.146. The van der Waals surface area contributed by atoms with E-state index in [1.165, 1.54) is 11.8 Å². The third-order valence-electron chi connectivity index (χ3n) is 7.20. The predicted molar refractivity (Wildman–Crippen MR) is 127 cm³/mol. The van der Waals surface area contributed by atoms with Crippen LogP contribution in [-0.4, -0.2) is 80.3 Å². The minimum Gasteiger partial charge on any atom is -0.496 e. The molecule has 0 aliphatic carbocycles. The molecule has 10 nitrogen and oxygen atoms in total. The smallest absolute Gasteiger partial charge is 0.376 e. The second-order valence-electron chi connectivity index (χ2n) is 9.09. The number of aromatic nitrogens is 5. The number of aryl methyl sites for hydroxylation is 1. The Morgan fingerprint density at radius 3 is 2.74 bits per heavy atom. The van der Waals surface area contributed by atoms with Crippen LogP contribution in [0.15, 0.2) is 29.3 Å². The van der Waals surface area contributed by atoms with Crippen LogP contribution in [0.5, 0.6) is 5.75 Å². The van der Waals surface area contributed by atoms with Gasteiger partial charge in [0, 0.05) is 31.6 Å². The highest BCUT2D eigenvalue weighted by Crippen LogP contribution is 2.40. The number of nitrogens with zero attached hydrogens (tertiary/aromatic N) is 7. The van der Waals surface area contributed by atoms with Crippen LogP contribution >= 0.6 is 0 Å². The van der Waals surface area contributed by atoms with Crippen molar-refractivity contribution < 1.29 is 14.2 Å². The molecule has 5 rings (SSSR count). The fourth-order valence-corrected chi connectivity index (χ4v) is 5.45. The zero-order chi connectivity index (χ0) is 24.1. The van der Waals surface area contributed by atoms with E-state index in [0.29, 0.717) is 40.1 Å². The minimum atomic E-state index is -1.12. The number of alkyl halides is 1. The third kappa shape index (κ3) is 3.61. The van der Waals surface area contributed by atoms with E-state index in [9.17, 15) is 9.82 Å². The van der Waals surface area contributed by atoms with Crippen molar-refractivity contribution in [2.45, 2.75) is 50.4 Å². The van der Waals surface area contributed by atoms with Crippen molar-refractivity contribution in [3.05, 3.63) is 34.9 Å². The van der Waals surface area contributed by atoms with Crippen LogP contribution < -0.4 is 15.2 Å². The molecule has 34 heavy (non-hydrogen) atoms. The number of benzene rings is 1. The first-order chi connectivity index (χ1) is 16.3. The van der Waals surface area contributed by atoms with Crippen LogP contribution in [0.1, 0.15) is 19.3 Å². The largest absolute Gasteiger partial charge is 0.496 e. The van der Waals surface area contributed by atoms with Crippen molar-refractivity contribution in [2.24, 2.45) is 7.05 Å². The molecule has 1 N–H and O–H groups in total. The molecular formula is C22H27BFN7O3. The van der Waals surface area contributed by atoms with E-state index < -0.39 is 13.2 Å². The first-order valence-corrected chi connectivity index (χ1v) is 11.4. The molecule has 2 aliphatic heterocycles. The number of piperidine rings is 1. The van der Waals surface area contributed by atoms with Gasteiger partial charge in [0.05, 0.1) is 36.5 Å². The molecule has 178 valence electrons. The quantitative estimate of drug-likeness (QED) is 0.555. The molecule has 2 aromatic heterocycles. The standard InChI is InChI=1S/C22H27BFN7O3/c1-23(33)31-13-5-6-16(31)20(24)17(8-13)29(2)19-11-25-21(28-27-19)15-7-12-10-26-30(3)22(32)14(12)9-18(15)34-4/h7,9-11,13,16-17,20,33H,5-6,8H2,1-4H3/t13?,16?,17-,20+/m1/s1. The van der Waals surface area contributed by atoms with E-state index >= 15 is 4.39 Å². The first kappa shape index (κ1) is 22.7. The highest BCUT2D eigenvalue weighted by Gasteiger charge is 2.51. The molecular weight excluding hydrogens is 440 g/mol. The number of fused-ring (bicyclic) bond motifs is 3. The summed E-state index contributed by atoms with van der Waals surface area (Å²) >= 11 is 0. The van der Waals surface area contributed by atoms with Gasteiger partial charge in [-0.05, 0) is 38.2 Å². The summed E-state index contributed by atoms with van der Waals surface area (Å²) in [5, 5.41) is 23.9. The fraction of sp³-hybridized carbons (Fsp3) is 0.500.